The van der Waals surface area contributed by atoms with Crippen molar-refractivity contribution < 1.29 is 14.4 Å². The summed E-state index contributed by atoms with van der Waals surface area (Å²) < 4.78 is 11.1. The van der Waals surface area contributed by atoms with E-state index in [0.717, 1.165) is 11.1 Å². The van der Waals surface area contributed by atoms with Crippen molar-refractivity contribution in [2.24, 2.45) is 5.10 Å². The molecular formula is C18H14ClN3O4S. The number of thiocarbonyl (C=S) groups is 1. The van der Waals surface area contributed by atoms with Crippen LogP contribution < -0.4 is 9.47 Å². The van der Waals surface area contributed by atoms with Crippen molar-refractivity contribution in [1.29, 1.82) is 0 Å². The van der Waals surface area contributed by atoms with Crippen LogP contribution in [-0.4, -0.2) is 32.9 Å². The first-order valence-electron chi connectivity index (χ1n) is 8.19. The summed E-state index contributed by atoms with van der Waals surface area (Å²) in [5, 5.41) is 17.2. The molecule has 9 heteroatoms. The molecule has 0 unspecified atom stereocenters. The van der Waals surface area contributed by atoms with Crippen LogP contribution in [0.25, 0.3) is 0 Å². The van der Waals surface area contributed by atoms with Gasteiger partial charge >= 0.3 is 0 Å². The largest absolute Gasteiger partial charge is 0.454 e. The lowest BCUT2D eigenvalue weighted by atomic mass is 9.94. The number of rotatable bonds is 2. The number of ether oxygens (including phenoxy) is 2. The Kier molecular flexibility index (Phi) is 4.45. The van der Waals surface area contributed by atoms with Crippen LogP contribution in [0, 0.1) is 10.1 Å². The smallest absolute Gasteiger partial charge is 0.269 e. The number of hydrogen-bond donors (Lipinski definition) is 0. The standard InChI is InChI=1S/C18H14ClN3O4S/c1-10-6-12-7-15-16(26-9-25-15)8-14(12)17(20-21(10)18(19)27)11-2-4-13(5-3-11)22(23)24/h2-5,7-8,10H,6,9H2,1H3/t10-/m1/s1. The Morgan fingerprint density at radius 3 is 2.59 bits per heavy atom. The highest BCUT2D eigenvalue weighted by molar-refractivity contribution is 7.83. The molecular weight excluding hydrogens is 390 g/mol. The average Bonchev–Trinajstić information content (AvgIpc) is 3.03. The molecule has 0 spiro atoms. The van der Waals surface area contributed by atoms with Gasteiger partial charge in [0.15, 0.2) is 15.9 Å². The minimum absolute atomic E-state index is 0.0111. The second-order valence-corrected chi connectivity index (χ2v) is 7.23. The summed E-state index contributed by atoms with van der Waals surface area (Å²) in [6, 6.07) is 9.98. The highest BCUT2D eigenvalue weighted by Gasteiger charge is 2.28. The number of benzene rings is 2. The lowest BCUT2D eigenvalue weighted by Gasteiger charge is -2.22. The van der Waals surface area contributed by atoms with E-state index in [1.165, 1.54) is 12.1 Å². The van der Waals surface area contributed by atoms with Gasteiger partial charge in [-0.1, -0.05) is 11.6 Å². The second-order valence-electron chi connectivity index (χ2n) is 6.27. The minimum Gasteiger partial charge on any atom is -0.454 e. The van der Waals surface area contributed by atoms with Crippen LogP contribution in [0.1, 0.15) is 23.6 Å². The van der Waals surface area contributed by atoms with Crippen molar-refractivity contribution in [2.75, 3.05) is 6.79 Å². The van der Waals surface area contributed by atoms with Crippen molar-refractivity contribution in [3.8, 4) is 11.5 Å². The average molecular weight is 404 g/mol. The molecule has 0 amide bonds. The zero-order chi connectivity index (χ0) is 19.1. The molecule has 2 aliphatic rings. The molecule has 0 aliphatic carbocycles. The van der Waals surface area contributed by atoms with Gasteiger partial charge in [-0.3, -0.25) is 10.1 Å². The van der Waals surface area contributed by atoms with Crippen LogP contribution in [0.2, 0.25) is 0 Å². The molecule has 0 bridgehead atoms. The number of non-ortho nitro benzene ring substituents is 1. The predicted octanol–water partition coefficient (Wildman–Crippen LogP) is 3.85. The monoisotopic (exact) mass is 403 g/mol. The first-order valence-corrected chi connectivity index (χ1v) is 8.97. The Morgan fingerprint density at radius 1 is 1.30 bits per heavy atom. The van der Waals surface area contributed by atoms with Crippen molar-refractivity contribution in [1.82, 2.24) is 5.01 Å². The van der Waals surface area contributed by atoms with Crippen LogP contribution >= 0.6 is 23.8 Å². The molecule has 2 aromatic rings. The Labute approximate surface area is 165 Å². The normalized spacial score (nSPS) is 17.8. The molecule has 0 radical (unpaired) electrons. The van der Waals surface area contributed by atoms with Crippen molar-refractivity contribution in [2.45, 2.75) is 19.4 Å². The van der Waals surface area contributed by atoms with Gasteiger partial charge in [0.25, 0.3) is 5.69 Å². The van der Waals surface area contributed by atoms with Gasteiger partial charge in [-0.25, -0.2) is 5.01 Å². The number of halogens is 1. The topological polar surface area (TPSA) is 77.2 Å². The van der Waals surface area contributed by atoms with Gasteiger partial charge in [0.05, 0.1) is 16.7 Å². The molecule has 2 aliphatic heterocycles. The van der Waals surface area contributed by atoms with E-state index in [0.29, 0.717) is 29.2 Å². The Hall–Kier alpha value is -2.71. The highest BCUT2D eigenvalue weighted by atomic mass is 35.5. The van der Waals surface area contributed by atoms with Gasteiger partial charge in [0.2, 0.25) is 6.79 Å². The molecule has 0 saturated heterocycles. The number of fused-ring (bicyclic) bond motifs is 2. The predicted molar refractivity (Wildman–Crippen MR) is 105 cm³/mol. The van der Waals surface area contributed by atoms with Gasteiger partial charge < -0.3 is 9.47 Å². The zero-order valence-corrected chi connectivity index (χ0v) is 15.8. The minimum atomic E-state index is -0.438. The quantitative estimate of drug-likeness (QED) is 0.249. The number of hydrogen-bond acceptors (Lipinski definition) is 6. The maximum absolute atomic E-state index is 11.0. The van der Waals surface area contributed by atoms with Gasteiger partial charge in [-0.05, 0) is 55.4 Å². The van der Waals surface area contributed by atoms with E-state index in [4.69, 9.17) is 33.3 Å². The third-order valence-electron chi connectivity index (χ3n) is 4.53. The molecule has 27 heavy (non-hydrogen) atoms. The molecule has 7 nitrogen and oxygen atoms in total. The molecule has 0 saturated carbocycles. The first kappa shape index (κ1) is 17.7. The third-order valence-corrected chi connectivity index (χ3v) is 4.89. The van der Waals surface area contributed by atoms with Crippen LogP contribution in [0.5, 0.6) is 11.5 Å². The van der Waals surface area contributed by atoms with E-state index in [9.17, 15) is 10.1 Å². The molecule has 1 atom stereocenters. The van der Waals surface area contributed by atoms with Crippen molar-refractivity contribution in [3.63, 3.8) is 0 Å². The maximum atomic E-state index is 11.0. The molecule has 2 heterocycles. The van der Waals surface area contributed by atoms with E-state index in [1.54, 1.807) is 17.1 Å². The summed E-state index contributed by atoms with van der Waals surface area (Å²) >= 11 is 11.3. The highest BCUT2D eigenvalue weighted by Crippen LogP contribution is 2.37. The van der Waals surface area contributed by atoms with Gasteiger partial charge in [0, 0.05) is 23.3 Å². The number of nitro benzene ring substituents is 1. The number of nitro groups is 1. The van der Waals surface area contributed by atoms with Crippen LogP contribution in [0.15, 0.2) is 41.5 Å². The first-order chi connectivity index (χ1) is 12.9. The lowest BCUT2D eigenvalue weighted by Crippen LogP contribution is -2.31. The number of hydrazone groups is 1. The Balaban J connectivity index is 1.89. The molecule has 2 aromatic carbocycles. The van der Waals surface area contributed by atoms with Gasteiger partial charge in [-0.15, -0.1) is 0 Å². The molecule has 4 rings (SSSR count). The number of nitrogens with zero attached hydrogens (tertiary/aromatic N) is 3. The van der Waals surface area contributed by atoms with Crippen molar-refractivity contribution >= 4 is 39.7 Å². The van der Waals surface area contributed by atoms with Crippen LogP contribution in [0.4, 0.5) is 5.69 Å². The van der Waals surface area contributed by atoms with Crippen LogP contribution in [-0.2, 0) is 6.42 Å². The summed E-state index contributed by atoms with van der Waals surface area (Å²) in [7, 11) is 0. The summed E-state index contributed by atoms with van der Waals surface area (Å²) in [5.74, 6) is 1.32. The fourth-order valence-electron chi connectivity index (χ4n) is 3.21. The third kappa shape index (κ3) is 3.22. The summed E-state index contributed by atoms with van der Waals surface area (Å²) in [4.78, 5) is 10.5. The summed E-state index contributed by atoms with van der Waals surface area (Å²) in [6.07, 6.45) is 0.652. The summed E-state index contributed by atoms with van der Waals surface area (Å²) in [5.41, 5.74) is 3.21. The zero-order valence-electron chi connectivity index (χ0n) is 14.2. The van der Waals surface area contributed by atoms with E-state index in [-0.39, 0.29) is 23.0 Å². The Bertz CT molecular complexity index is 977. The van der Waals surface area contributed by atoms with E-state index < -0.39 is 4.92 Å². The molecule has 138 valence electrons. The fourth-order valence-corrected chi connectivity index (χ4v) is 3.63. The van der Waals surface area contributed by atoms with Crippen molar-refractivity contribution in [3.05, 3.63) is 63.2 Å². The molecule has 0 fully saturated rings. The van der Waals surface area contributed by atoms with Crippen LogP contribution in [0.3, 0.4) is 0 Å². The van der Waals surface area contributed by atoms with Gasteiger partial charge in [-0.2, -0.15) is 5.10 Å². The Morgan fingerprint density at radius 2 is 1.96 bits per heavy atom. The lowest BCUT2D eigenvalue weighted by molar-refractivity contribution is -0.384. The SMILES string of the molecule is C[C@@H]1Cc2cc3c(cc2C(c2ccc([N+](=O)[O-])cc2)=NN1C(=S)Cl)OCO3. The molecule has 0 aromatic heterocycles. The van der Waals surface area contributed by atoms with E-state index >= 15 is 0 Å². The van der Waals surface area contributed by atoms with E-state index in [2.05, 4.69) is 5.10 Å². The van der Waals surface area contributed by atoms with Gasteiger partial charge in [0.1, 0.15) is 0 Å². The van der Waals surface area contributed by atoms with E-state index in [1.807, 2.05) is 19.1 Å². The summed E-state index contributed by atoms with van der Waals surface area (Å²) in [6.45, 7) is 2.15. The fraction of sp³-hybridized carbons (Fsp3) is 0.222. The molecule has 0 N–H and O–H groups in total. The second kappa shape index (κ2) is 6.79. The maximum Gasteiger partial charge on any atom is 0.269 e.